The van der Waals surface area contributed by atoms with Crippen LogP contribution in [-0.4, -0.2) is 22.9 Å². The summed E-state index contributed by atoms with van der Waals surface area (Å²) >= 11 is 7.93. The molecule has 0 spiro atoms. The quantitative estimate of drug-likeness (QED) is 0.296. The highest BCUT2D eigenvalue weighted by Crippen LogP contribution is 2.35. The van der Waals surface area contributed by atoms with Gasteiger partial charge in [0, 0.05) is 28.2 Å². The lowest BCUT2D eigenvalue weighted by atomic mass is 10.0. The summed E-state index contributed by atoms with van der Waals surface area (Å²) < 4.78 is 12.1. The molecule has 6 heteroatoms. The molecule has 3 rings (SSSR count). The van der Waals surface area contributed by atoms with E-state index < -0.39 is 5.97 Å². The van der Waals surface area contributed by atoms with E-state index in [9.17, 15) is 4.79 Å². The first-order chi connectivity index (χ1) is 15.4. The first-order valence-electron chi connectivity index (χ1n) is 10.5. The van der Waals surface area contributed by atoms with Gasteiger partial charge in [-0.05, 0) is 74.2 Å². The SMILES string of the molecule is Cc1cc(SCC[C@@H](C)Oc2ccc(Cl)cc2Oc2ccccc2)ccc1CCC(=O)O. The van der Waals surface area contributed by atoms with E-state index in [1.807, 2.05) is 56.3 Å². The second-order valence-corrected chi connectivity index (χ2v) is 9.16. The predicted octanol–water partition coefficient (Wildman–Crippen LogP) is 7.41. The molecule has 0 saturated heterocycles. The zero-order valence-electron chi connectivity index (χ0n) is 18.2. The van der Waals surface area contributed by atoms with Crippen molar-refractivity contribution in [1.29, 1.82) is 0 Å². The normalized spacial score (nSPS) is 11.7. The molecule has 0 aliphatic rings. The molecule has 3 aromatic carbocycles. The number of halogens is 1. The van der Waals surface area contributed by atoms with Crippen LogP contribution in [0.4, 0.5) is 0 Å². The second-order valence-electron chi connectivity index (χ2n) is 7.55. The number of para-hydroxylation sites is 1. The van der Waals surface area contributed by atoms with E-state index in [4.69, 9.17) is 26.2 Å². The third kappa shape index (κ3) is 7.50. The van der Waals surface area contributed by atoms with Crippen molar-refractivity contribution in [3.05, 3.63) is 82.9 Å². The summed E-state index contributed by atoms with van der Waals surface area (Å²) in [6, 6.07) is 21.2. The lowest BCUT2D eigenvalue weighted by Gasteiger charge is -2.18. The second kappa shape index (κ2) is 11.8. The van der Waals surface area contributed by atoms with E-state index in [2.05, 4.69) is 12.1 Å². The molecule has 0 aliphatic heterocycles. The highest BCUT2D eigenvalue weighted by atomic mass is 35.5. The number of carboxylic acid groups (broad SMARTS) is 1. The van der Waals surface area contributed by atoms with Gasteiger partial charge in [0.2, 0.25) is 0 Å². The highest BCUT2D eigenvalue weighted by Gasteiger charge is 2.12. The Bertz CT molecular complexity index is 1040. The van der Waals surface area contributed by atoms with Crippen molar-refractivity contribution in [2.45, 2.75) is 44.1 Å². The fourth-order valence-corrected chi connectivity index (χ4v) is 4.45. The molecule has 0 amide bonds. The van der Waals surface area contributed by atoms with Crippen LogP contribution in [0.5, 0.6) is 17.2 Å². The molecule has 0 fully saturated rings. The molecular formula is C26H27ClO4S. The molecule has 0 saturated carbocycles. The summed E-state index contributed by atoms with van der Waals surface area (Å²) in [4.78, 5) is 12.0. The van der Waals surface area contributed by atoms with E-state index in [-0.39, 0.29) is 12.5 Å². The Labute approximate surface area is 198 Å². The summed E-state index contributed by atoms with van der Waals surface area (Å²) in [5, 5.41) is 9.46. The Morgan fingerprint density at radius 2 is 1.84 bits per heavy atom. The van der Waals surface area contributed by atoms with Crippen LogP contribution in [0.1, 0.15) is 30.9 Å². The van der Waals surface area contributed by atoms with Crippen LogP contribution in [0.25, 0.3) is 0 Å². The molecular weight excluding hydrogens is 444 g/mol. The summed E-state index contributed by atoms with van der Waals surface area (Å²) in [7, 11) is 0. The molecule has 1 atom stereocenters. The average Bonchev–Trinajstić information content (AvgIpc) is 2.76. The van der Waals surface area contributed by atoms with Crippen LogP contribution in [0, 0.1) is 6.92 Å². The minimum Gasteiger partial charge on any atom is -0.487 e. The van der Waals surface area contributed by atoms with Gasteiger partial charge in [-0.15, -0.1) is 11.8 Å². The number of benzene rings is 3. The van der Waals surface area contributed by atoms with Gasteiger partial charge in [0.25, 0.3) is 0 Å². The van der Waals surface area contributed by atoms with Crippen molar-refractivity contribution in [2.24, 2.45) is 0 Å². The Kier molecular flexibility index (Phi) is 8.89. The maximum Gasteiger partial charge on any atom is 0.303 e. The van der Waals surface area contributed by atoms with Crippen molar-refractivity contribution in [2.75, 3.05) is 5.75 Å². The molecule has 0 radical (unpaired) electrons. The number of carbonyl (C=O) groups is 1. The molecule has 168 valence electrons. The summed E-state index contributed by atoms with van der Waals surface area (Å²) in [6.45, 7) is 4.07. The first-order valence-corrected chi connectivity index (χ1v) is 11.9. The number of aliphatic carboxylic acids is 1. The van der Waals surface area contributed by atoms with Crippen LogP contribution < -0.4 is 9.47 Å². The van der Waals surface area contributed by atoms with Crippen molar-refractivity contribution in [3.63, 3.8) is 0 Å². The molecule has 0 aliphatic carbocycles. The molecule has 0 unspecified atom stereocenters. The minimum atomic E-state index is -0.769. The van der Waals surface area contributed by atoms with Gasteiger partial charge in [-0.2, -0.15) is 0 Å². The van der Waals surface area contributed by atoms with E-state index in [0.717, 1.165) is 29.1 Å². The number of rotatable bonds is 11. The Morgan fingerprint density at radius 1 is 1.06 bits per heavy atom. The van der Waals surface area contributed by atoms with Gasteiger partial charge in [0.05, 0.1) is 6.10 Å². The van der Waals surface area contributed by atoms with Gasteiger partial charge >= 0.3 is 5.97 Å². The van der Waals surface area contributed by atoms with Gasteiger partial charge in [-0.25, -0.2) is 0 Å². The fraction of sp³-hybridized carbons (Fsp3) is 0.269. The minimum absolute atomic E-state index is 0.00210. The number of ether oxygens (including phenoxy) is 2. The van der Waals surface area contributed by atoms with Crippen LogP contribution in [0.3, 0.4) is 0 Å². The van der Waals surface area contributed by atoms with Crippen molar-refractivity contribution >= 4 is 29.3 Å². The molecule has 3 aromatic rings. The monoisotopic (exact) mass is 470 g/mol. The van der Waals surface area contributed by atoms with E-state index >= 15 is 0 Å². The zero-order chi connectivity index (χ0) is 22.9. The molecule has 32 heavy (non-hydrogen) atoms. The van der Waals surface area contributed by atoms with Crippen LogP contribution in [0.15, 0.2) is 71.6 Å². The van der Waals surface area contributed by atoms with Gasteiger partial charge in [-0.3, -0.25) is 4.79 Å². The van der Waals surface area contributed by atoms with Crippen molar-refractivity contribution in [3.8, 4) is 17.2 Å². The molecule has 4 nitrogen and oxygen atoms in total. The van der Waals surface area contributed by atoms with Crippen LogP contribution in [-0.2, 0) is 11.2 Å². The van der Waals surface area contributed by atoms with Gasteiger partial charge < -0.3 is 14.6 Å². The first kappa shape index (κ1) is 24.0. The largest absolute Gasteiger partial charge is 0.487 e. The summed E-state index contributed by atoms with van der Waals surface area (Å²) in [5.74, 6) is 2.11. The molecule has 0 heterocycles. The zero-order valence-corrected chi connectivity index (χ0v) is 19.8. The fourth-order valence-electron chi connectivity index (χ4n) is 3.17. The smallest absolute Gasteiger partial charge is 0.303 e. The lowest BCUT2D eigenvalue weighted by molar-refractivity contribution is -0.136. The lowest BCUT2D eigenvalue weighted by Crippen LogP contribution is -2.13. The number of hydrogen-bond donors (Lipinski definition) is 1. The van der Waals surface area contributed by atoms with E-state index in [1.54, 1.807) is 23.9 Å². The van der Waals surface area contributed by atoms with Crippen LogP contribution in [0.2, 0.25) is 5.02 Å². The summed E-state index contributed by atoms with van der Waals surface area (Å²) in [5.41, 5.74) is 2.21. The maximum absolute atomic E-state index is 10.8. The Morgan fingerprint density at radius 3 is 2.56 bits per heavy atom. The number of aryl methyl sites for hydroxylation is 2. The van der Waals surface area contributed by atoms with Gasteiger partial charge in [0.1, 0.15) is 5.75 Å². The predicted molar refractivity (Wildman–Crippen MR) is 131 cm³/mol. The number of thioether (sulfide) groups is 1. The highest BCUT2D eigenvalue weighted by molar-refractivity contribution is 7.99. The maximum atomic E-state index is 10.8. The van der Waals surface area contributed by atoms with Crippen LogP contribution >= 0.6 is 23.4 Å². The van der Waals surface area contributed by atoms with E-state index in [0.29, 0.717) is 22.9 Å². The van der Waals surface area contributed by atoms with E-state index in [1.165, 1.54) is 4.90 Å². The number of hydrogen-bond acceptors (Lipinski definition) is 4. The molecule has 0 aromatic heterocycles. The third-order valence-electron chi connectivity index (χ3n) is 4.92. The summed E-state index contributed by atoms with van der Waals surface area (Å²) in [6.07, 6.45) is 1.57. The van der Waals surface area contributed by atoms with Crippen molar-refractivity contribution < 1.29 is 19.4 Å². The Hall–Kier alpha value is -2.63. The van der Waals surface area contributed by atoms with Crippen molar-refractivity contribution in [1.82, 2.24) is 0 Å². The van der Waals surface area contributed by atoms with Gasteiger partial charge in [-0.1, -0.05) is 35.9 Å². The average molecular weight is 471 g/mol. The third-order valence-corrected chi connectivity index (χ3v) is 6.18. The standard InChI is InChI=1S/C26H27ClO4S/c1-18-16-23(11-8-20(18)9-13-26(28)29)32-15-14-19(2)30-24-12-10-21(27)17-25(24)31-22-6-4-3-5-7-22/h3-8,10-12,16-17,19H,9,13-15H2,1-2H3,(H,28,29)/t19-/m1/s1. The molecule has 1 N–H and O–H groups in total. The Balaban J connectivity index is 1.53. The molecule has 0 bridgehead atoms. The number of carboxylic acids is 1. The van der Waals surface area contributed by atoms with Gasteiger partial charge in [0.15, 0.2) is 11.5 Å². The topological polar surface area (TPSA) is 55.8 Å².